The maximum Gasteiger partial charge on any atom is 0.246 e. The zero-order valence-electron chi connectivity index (χ0n) is 13.5. The number of carbonyl (C=O) groups excluding carboxylic acids is 1. The van der Waals surface area contributed by atoms with Crippen LogP contribution < -0.4 is 0 Å². The molecule has 1 fully saturated rings. The molecule has 0 N–H and O–H groups in total. The number of carbonyl (C=O) groups is 1. The molecule has 2 aromatic rings. The molecule has 3 rings (SSSR count). The molecule has 2 aromatic heterocycles. The summed E-state index contributed by atoms with van der Waals surface area (Å²) in [6.07, 6.45) is 4.56. The van der Waals surface area contributed by atoms with Gasteiger partial charge in [0.1, 0.15) is 0 Å². The van der Waals surface area contributed by atoms with Gasteiger partial charge in [0, 0.05) is 36.5 Å². The Kier molecular flexibility index (Phi) is 4.91. The van der Waals surface area contributed by atoms with E-state index in [2.05, 4.69) is 10.1 Å². The van der Waals surface area contributed by atoms with Gasteiger partial charge in [-0.1, -0.05) is 10.7 Å². The number of piperidine rings is 1. The Bertz CT molecular complexity index is 687. The first kappa shape index (κ1) is 15.9. The van der Waals surface area contributed by atoms with Crippen molar-refractivity contribution in [2.45, 2.75) is 33.1 Å². The molecule has 0 spiro atoms. The number of allylic oxidation sites excluding steroid dienone is 1. The molecule has 5 nitrogen and oxygen atoms in total. The molecule has 0 radical (unpaired) electrons. The fourth-order valence-electron chi connectivity index (χ4n) is 2.86. The van der Waals surface area contributed by atoms with Crippen molar-refractivity contribution >= 4 is 17.2 Å². The van der Waals surface area contributed by atoms with Crippen molar-refractivity contribution in [3.8, 4) is 11.4 Å². The molecule has 0 saturated carbocycles. The first-order valence-electron chi connectivity index (χ1n) is 7.91. The molecule has 1 amide bonds. The van der Waals surface area contributed by atoms with E-state index in [0.29, 0.717) is 17.6 Å². The van der Waals surface area contributed by atoms with E-state index in [1.807, 2.05) is 35.6 Å². The Hall–Kier alpha value is -1.95. The summed E-state index contributed by atoms with van der Waals surface area (Å²) in [4.78, 5) is 18.6. The Balaban J connectivity index is 1.62. The van der Waals surface area contributed by atoms with Gasteiger partial charge in [0.2, 0.25) is 17.6 Å². The van der Waals surface area contributed by atoms with Gasteiger partial charge in [0.25, 0.3) is 0 Å². The SMILES string of the molecule is CC(C)=CC(=O)N1CCCC(Cc2nc(-c3ccsc3)no2)C1. The van der Waals surface area contributed by atoms with Crippen molar-refractivity contribution in [2.75, 3.05) is 13.1 Å². The number of aromatic nitrogens is 2. The zero-order chi connectivity index (χ0) is 16.2. The molecular weight excluding hydrogens is 310 g/mol. The van der Waals surface area contributed by atoms with E-state index in [9.17, 15) is 4.79 Å². The average Bonchev–Trinajstić information content (AvgIpc) is 3.17. The molecule has 0 aromatic carbocycles. The fourth-order valence-corrected chi connectivity index (χ4v) is 3.50. The van der Waals surface area contributed by atoms with Crippen LogP contribution in [0.15, 0.2) is 33.0 Å². The van der Waals surface area contributed by atoms with Crippen molar-refractivity contribution in [1.29, 1.82) is 0 Å². The normalized spacial score (nSPS) is 18.0. The topological polar surface area (TPSA) is 59.2 Å². The smallest absolute Gasteiger partial charge is 0.246 e. The minimum Gasteiger partial charge on any atom is -0.339 e. The molecule has 1 aliphatic rings. The summed E-state index contributed by atoms with van der Waals surface area (Å²) < 4.78 is 5.38. The number of nitrogens with zero attached hydrogens (tertiary/aromatic N) is 3. The molecule has 1 saturated heterocycles. The molecule has 0 aliphatic carbocycles. The van der Waals surface area contributed by atoms with Crippen LogP contribution in [0.4, 0.5) is 0 Å². The molecule has 1 aliphatic heterocycles. The van der Waals surface area contributed by atoms with E-state index in [0.717, 1.165) is 43.5 Å². The second-order valence-corrected chi connectivity index (χ2v) is 7.02. The number of likely N-dealkylation sites (tertiary alicyclic amines) is 1. The van der Waals surface area contributed by atoms with Crippen LogP contribution in [0.2, 0.25) is 0 Å². The van der Waals surface area contributed by atoms with Gasteiger partial charge < -0.3 is 9.42 Å². The molecule has 1 unspecified atom stereocenters. The number of amides is 1. The Morgan fingerprint density at radius 1 is 1.52 bits per heavy atom. The third-order valence-corrected chi connectivity index (χ3v) is 4.64. The van der Waals surface area contributed by atoms with Crippen LogP contribution in [0.1, 0.15) is 32.6 Å². The summed E-state index contributed by atoms with van der Waals surface area (Å²) in [5.74, 6) is 1.80. The largest absolute Gasteiger partial charge is 0.339 e. The maximum atomic E-state index is 12.2. The minimum absolute atomic E-state index is 0.110. The molecule has 6 heteroatoms. The van der Waals surface area contributed by atoms with Gasteiger partial charge in [-0.15, -0.1) is 0 Å². The van der Waals surface area contributed by atoms with E-state index < -0.39 is 0 Å². The summed E-state index contributed by atoms with van der Waals surface area (Å²) in [6.45, 7) is 5.50. The van der Waals surface area contributed by atoms with Crippen molar-refractivity contribution in [1.82, 2.24) is 15.0 Å². The molecular formula is C17H21N3O2S. The van der Waals surface area contributed by atoms with Crippen LogP contribution in [0.5, 0.6) is 0 Å². The number of rotatable bonds is 4. The van der Waals surface area contributed by atoms with E-state index in [1.54, 1.807) is 17.4 Å². The van der Waals surface area contributed by atoms with Gasteiger partial charge in [0.05, 0.1) is 0 Å². The van der Waals surface area contributed by atoms with Gasteiger partial charge >= 0.3 is 0 Å². The van der Waals surface area contributed by atoms with Gasteiger partial charge in [-0.25, -0.2) is 0 Å². The second-order valence-electron chi connectivity index (χ2n) is 6.24. The minimum atomic E-state index is 0.110. The molecule has 23 heavy (non-hydrogen) atoms. The standard InChI is InChI=1S/C17H21N3O2S/c1-12(2)8-16(21)20-6-3-4-13(10-20)9-15-18-17(19-22-15)14-5-7-23-11-14/h5,7-8,11,13H,3-4,6,9-10H2,1-2H3. The van der Waals surface area contributed by atoms with Crippen LogP contribution >= 0.6 is 11.3 Å². The summed E-state index contributed by atoms with van der Waals surface area (Å²) in [6, 6.07) is 1.99. The van der Waals surface area contributed by atoms with Crippen molar-refractivity contribution in [2.24, 2.45) is 5.92 Å². The van der Waals surface area contributed by atoms with Gasteiger partial charge in [0.15, 0.2) is 0 Å². The van der Waals surface area contributed by atoms with E-state index in [4.69, 9.17) is 4.52 Å². The molecule has 122 valence electrons. The first-order valence-corrected chi connectivity index (χ1v) is 8.85. The lowest BCUT2D eigenvalue weighted by Gasteiger charge is -2.31. The number of thiophene rings is 1. The summed E-state index contributed by atoms with van der Waals surface area (Å²) in [7, 11) is 0. The van der Waals surface area contributed by atoms with E-state index in [-0.39, 0.29) is 5.91 Å². The maximum absolute atomic E-state index is 12.2. The average molecular weight is 331 g/mol. The van der Waals surface area contributed by atoms with Crippen molar-refractivity contribution in [3.05, 3.63) is 34.4 Å². The molecule has 1 atom stereocenters. The third-order valence-electron chi connectivity index (χ3n) is 3.95. The first-order chi connectivity index (χ1) is 11.1. The van der Waals surface area contributed by atoms with Gasteiger partial charge in [-0.2, -0.15) is 16.3 Å². The third kappa shape index (κ3) is 4.07. The zero-order valence-corrected chi connectivity index (χ0v) is 14.3. The Morgan fingerprint density at radius 2 is 2.39 bits per heavy atom. The van der Waals surface area contributed by atoms with E-state index >= 15 is 0 Å². The van der Waals surface area contributed by atoms with Crippen LogP contribution in [0, 0.1) is 5.92 Å². The highest BCUT2D eigenvalue weighted by molar-refractivity contribution is 7.08. The summed E-state index contributed by atoms with van der Waals surface area (Å²) >= 11 is 1.62. The lowest BCUT2D eigenvalue weighted by molar-refractivity contribution is -0.127. The Morgan fingerprint density at radius 3 is 3.13 bits per heavy atom. The van der Waals surface area contributed by atoms with Crippen molar-refractivity contribution in [3.63, 3.8) is 0 Å². The van der Waals surface area contributed by atoms with Gasteiger partial charge in [-0.3, -0.25) is 4.79 Å². The van der Waals surface area contributed by atoms with Crippen LogP contribution in [-0.4, -0.2) is 34.0 Å². The second kappa shape index (κ2) is 7.08. The fraction of sp³-hybridized carbons (Fsp3) is 0.471. The van der Waals surface area contributed by atoms with E-state index in [1.165, 1.54) is 0 Å². The van der Waals surface area contributed by atoms with Crippen LogP contribution in [0.3, 0.4) is 0 Å². The predicted molar refractivity (Wildman–Crippen MR) is 90.1 cm³/mol. The predicted octanol–water partition coefficient (Wildman–Crippen LogP) is 3.55. The highest BCUT2D eigenvalue weighted by Crippen LogP contribution is 2.23. The highest BCUT2D eigenvalue weighted by atomic mass is 32.1. The summed E-state index contributed by atoms with van der Waals surface area (Å²) in [5, 5.41) is 8.06. The monoisotopic (exact) mass is 331 g/mol. The summed E-state index contributed by atoms with van der Waals surface area (Å²) in [5.41, 5.74) is 2.03. The van der Waals surface area contributed by atoms with Crippen LogP contribution in [0.25, 0.3) is 11.4 Å². The highest BCUT2D eigenvalue weighted by Gasteiger charge is 2.24. The molecule has 0 bridgehead atoms. The lowest BCUT2D eigenvalue weighted by Crippen LogP contribution is -2.39. The molecule has 3 heterocycles. The quantitative estimate of drug-likeness (QED) is 0.804. The number of hydrogen-bond donors (Lipinski definition) is 0. The van der Waals surface area contributed by atoms with Crippen molar-refractivity contribution < 1.29 is 9.32 Å². The van der Waals surface area contributed by atoms with Gasteiger partial charge in [-0.05, 0) is 44.1 Å². The Labute approximate surface area is 140 Å². The lowest BCUT2D eigenvalue weighted by atomic mass is 9.94. The number of hydrogen-bond acceptors (Lipinski definition) is 5. The van der Waals surface area contributed by atoms with Crippen LogP contribution in [-0.2, 0) is 11.2 Å².